The zero-order chi connectivity index (χ0) is 15.8. The predicted molar refractivity (Wildman–Crippen MR) is 95.9 cm³/mol. The molecule has 2 saturated heterocycles. The Labute approximate surface area is 143 Å². The number of fused-ring (bicyclic) bond motifs is 1. The van der Waals surface area contributed by atoms with E-state index in [0.717, 1.165) is 16.9 Å². The van der Waals surface area contributed by atoms with Crippen LogP contribution >= 0.6 is 11.6 Å². The van der Waals surface area contributed by atoms with Gasteiger partial charge in [0.2, 0.25) is 0 Å². The summed E-state index contributed by atoms with van der Waals surface area (Å²) in [5, 5.41) is 4.34. The van der Waals surface area contributed by atoms with Crippen LogP contribution in [0.4, 0.5) is 0 Å². The van der Waals surface area contributed by atoms with E-state index in [4.69, 9.17) is 11.6 Å². The lowest BCUT2D eigenvalue weighted by Crippen LogP contribution is -2.30. The molecule has 4 rings (SSSR count). The quantitative estimate of drug-likeness (QED) is 0.920. The van der Waals surface area contributed by atoms with Crippen molar-refractivity contribution >= 4 is 11.6 Å². The first-order chi connectivity index (χ1) is 11.2. The molecule has 2 heterocycles. The minimum absolute atomic E-state index is 0.332. The summed E-state index contributed by atoms with van der Waals surface area (Å²) in [5.41, 5.74) is 4.03. The molecule has 0 spiro atoms. The molecule has 0 radical (unpaired) electrons. The molecule has 120 valence electrons. The summed E-state index contributed by atoms with van der Waals surface area (Å²) in [4.78, 5) is 2.66. The molecular weight excluding hydrogens is 304 g/mol. The average Bonchev–Trinajstić information content (AvgIpc) is 3.13. The minimum atomic E-state index is 0.332. The lowest BCUT2D eigenvalue weighted by molar-refractivity contribution is 0.260. The average molecular weight is 327 g/mol. The topological polar surface area (TPSA) is 15.3 Å². The van der Waals surface area contributed by atoms with Crippen LogP contribution in [0.2, 0.25) is 5.02 Å². The summed E-state index contributed by atoms with van der Waals surface area (Å²) in [7, 11) is 0. The number of hydrogen-bond donors (Lipinski definition) is 1. The van der Waals surface area contributed by atoms with E-state index in [0.29, 0.717) is 6.04 Å². The molecule has 3 unspecified atom stereocenters. The highest BCUT2D eigenvalue weighted by molar-refractivity contribution is 6.30. The SMILES string of the molecule is Cc1ccc(C(c2ccc(Cl)cc2)N2CC3CNCC3C2)cc1. The Kier molecular flexibility index (Phi) is 4.14. The summed E-state index contributed by atoms with van der Waals surface area (Å²) in [6, 6.07) is 17.7. The smallest absolute Gasteiger partial charge is 0.0602 e. The van der Waals surface area contributed by atoms with Crippen LogP contribution in [0.25, 0.3) is 0 Å². The van der Waals surface area contributed by atoms with Crippen molar-refractivity contribution in [3.63, 3.8) is 0 Å². The van der Waals surface area contributed by atoms with Gasteiger partial charge in [-0.1, -0.05) is 53.6 Å². The number of nitrogens with zero attached hydrogens (tertiary/aromatic N) is 1. The molecule has 0 saturated carbocycles. The number of halogens is 1. The third-order valence-corrected chi connectivity index (χ3v) is 5.61. The van der Waals surface area contributed by atoms with E-state index in [-0.39, 0.29) is 0 Å². The molecule has 3 heteroatoms. The minimum Gasteiger partial charge on any atom is -0.316 e. The summed E-state index contributed by atoms with van der Waals surface area (Å²) in [5.74, 6) is 1.60. The van der Waals surface area contributed by atoms with Gasteiger partial charge in [-0.2, -0.15) is 0 Å². The number of hydrogen-bond acceptors (Lipinski definition) is 2. The standard InChI is InChI=1S/C20H23ClN2/c1-14-2-4-15(5-3-14)20(16-6-8-19(21)9-7-16)23-12-17-10-22-11-18(17)13-23/h2-9,17-18,20,22H,10-13H2,1H3. The highest BCUT2D eigenvalue weighted by Crippen LogP contribution is 2.37. The zero-order valence-electron chi connectivity index (χ0n) is 13.5. The van der Waals surface area contributed by atoms with Gasteiger partial charge in [-0.3, -0.25) is 4.90 Å². The van der Waals surface area contributed by atoms with E-state index in [1.54, 1.807) is 0 Å². The molecule has 1 N–H and O–H groups in total. The van der Waals surface area contributed by atoms with E-state index in [1.165, 1.54) is 42.9 Å². The molecule has 0 aliphatic carbocycles. The Morgan fingerprint density at radius 1 is 0.913 bits per heavy atom. The van der Waals surface area contributed by atoms with Crippen LogP contribution in [0.5, 0.6) is 0 Å². The van der Waals surface area contributed by atoms with Gasteiger partial charge in [0.25, 0.3) is 0 Å². The molecule has 2 aromatic carbocycles. The van der Waals surface area contributed by atoms with Gasteiger partial charge in [0, 0.05) is 18.1 Å². The van der Waals surface area contributed by atoms with Gasteiger partial charge in [0.15, 0.2) is 0 Å². The molecule has 2 nitrogen and oxygen atoms in total. The Morgan fingerprint density at radius 3 is 2.00 bits per heavy atom. The second-order valence-corrected chi connectivity index (χ2v) is 7.43. The van der Waals surface area contributed by atoms with E-state index in [2.05, 4.69) is 53.5 Å². The lowest BCUT2D eigenvalue weighted by atomic mass is 9.96. The van der Waals surface area contributed by atoms with E-state index >= 15 is 0 Å². The summed E-state index contributed by atoms with van der Waals surface area (Å²) >= 11 is 6.10. The Morgan fingerprint density at radius 2 is 1.43 bits per heavy atom. The fourth-order valence-electron chi connectivity index (χ4n) is 4.11. The number of nitrogens with one attached hydrogen (secondary N) is 1. The maximum atomic E-state index is 6.10. The van der Waals surface area contributed by atoms with Crippen molar-refractivity contribution in [3.05, 3.63) is 70.2 Å². The molecule has 0 amide bonds. The summed E-state index contributed by atoms with van der Waals surface area (Å²) in [6.45, 7) is 6.84. The highest BCUT2D eigenvalue weighted by Gasteiger charge is 2.39. The molecule has 23 heavy (non-hydrogen) atoms. The van der Waals surface area contributed by atoms with Gasteiger partial charge < -0.3 is 5.32 Å². The van der Waals surface area contributed by atoms with Crippen molar-refractivity contribution < 1.29 is 0 Å². The maximum absolute atomic E-state index is 6.10. The number of likely N-dealkylation sites (tertiary alicyclic amines) is 1. The fourth-order valence-corrected chi connectivity index (χ4v) is 4.24. The van der Waals surface area contributed by atoms with Crippen LogP contribution in [-0.4, -0.2) is 31.1 Å². The molecule has 2 aliphatic heterocycles. The molecule has 2 fully saturated rings. The molecule has 0 bridgehead atoms. The van der Waals surface area contributed by atoms with E-state index < -0.39 is 0 Å². The Bertz CT molecular complexity index is 608. The third-order valence-electron chi connectivity index (χ3n) is 5.36. The Hall–Kier alpha value is -1.35. The van der Waals surface area contributed by atoms with Crippen molar-refractivity contribution in [2.45, 2.75) is 13.0 Å². The van der Waals surface area contributed by atoms with Crippen LogP contribution in [0.3, 0.4) is 0 Å². The normalized spacial score (nSPS) is 25.5. The first-order valence-electron chi connectivity index (χ1n) is 8.47. The van der Waals surface area contributed by atoms with Gasteiger partial charge in [0.05, 0.1) is 6.04 Å². The van der Waals surface area contributed by atoms with Crippen LogP contribution in [-0.2, 0) is 0 Å². The fraction of sp³-hybridized carbons (Fsp3) is 0.400. The van der Waals surface area contributed by atoms with Crippen LogP contribution < -0.4 is 5.32 Å². The van der Waals surface area contributed by atoms with Gasteiger partial charge in [0.1, 0.15) is 0 Å². The highest BCUT2D eigenvalue weighted by atomic mass is 35.5. The predicted octanol–water partition coefficient (Wildman–Crippen LogP) is 3.89. The van der Waals surface area contributed by atoms with E-state index in [1.807, 2.05) is 12.1 Å². The van der Waals surface area contributed by atoms with Gasteiger partial charge in [-0.15, -0.1) is 0 Å². The number of benzene rings is 2. The largest absolute Gasteiger partial charge is 0.316 e. The van der Waals surface area contributed by atoms with Crippen molar-refractivity contribution in [3.8, 4) is 0 Å². The van der Waals surface area contributed by atoms with Crippen molar-refractivity contribution in [2.24, 2.45) is 11.8 Å². The molecule has 2 aliphatic rings. The zero-order valence-corrected chi connectivity index (χ0v) is 14.3. The molecule has 2 aromatic rings. The van der Waals surface area contributed by atoms with Crippen molar-refractivity contribution in [1.29, 1.82) is 0 Å². The third kappa shape index (κ3) is 3.03. The van der Waals surface area contributed by atoms with Crippen LogP contribution in [0.15, 0.2) is 48.5 Å². The second kappa shape index (κ2) is 6.27. The van der Waals surface area contributed by atoms with E-state index in [9.17, 15) is 0 Å². The number of rotatable bonds is 3. The molecule has 3 atom stereocenters. The lowest BCUT2D eigenvalue weighted by Gasteiger charge is -2.30. The second-order valence-electron chi connectivity index (χ2n) is 7.00. The monoisotopic (exact) mass is 326 g/mol. The maximum Gasteiger partial charge on any atom is 0.0602 e. The van der Waals surface area contributed by atoms with Crippen LogP contribution in [0, 0.1) is 18.8 Å². The van der Waals surface area contributed by atoms with Gasteiger partial charge in [-0.05, 0) is 55.1 Å². The van der Waals surface area contributed by atoms with Gasteiger partial charge in [-0.25, -0.2) is 0 Å². The van der Waals surface area contributed by atoms with Gasteiger partial charge >= 0.3 is 0 Å². The first kappa shape index (κ1) is 15.2. The Balaban J connectivity index is 1.68. The molecular formula is C20H23ClN2. The first-order valence-corrected chi connectivity index (χ1v) is 8.85. The van der Waals surface area contributed by atoms with Crippen molar-refractivity contribution in [2.75, 3.05) is 26.2 Å². The number of aryl methyl sites for hydroxylation is 1. The summed E-state index contributed by atoms with van der Waals surface area (Å²) in [6.07, 6.45) is 0. The molecule has 0 aromatic heterocycles. The summed E-state index contributed by atoms with van der Waals surface area (Å²) < 4.78 is 0. The van der Waals surface area contributed by atoms with Crippen LogP contribution in [0.1, 0.15) is 22.7 Å². The van der Waals surface area contributed by atoms with Crippen molar-refractivity contribution in [1.82, 2.24) is 10.2 Å².